The van der Waals surface area contributed by atoms with Crippen molar-refractivity contribution in [3.8, 4) is 23.7 Å². The quantitative estimate of drug-likeness (QED) is 0.338. The van der Waals surface area contributed by atoms with Crippen molar-refractivity contribution >= 4 is 6.29 Å². The minimum absolute atomic E-state index is 0.516. The Labute approximate surface area is 68.2 Å². The highest BCUT2D eigenvalue weighted by atomic mass is 16.1. The molecule has 11 heavy (non-hydrogen) atoms. The van der Waals surface area contributed by atoms with E-state index in [9.17, 15) is 4.79 Å². The summed E-state index contributed by atoms with van der Waals surface area (Å²) in [6.45, 7) is 2.08. The van der Waals surface area contributed by atoms with Gasteiger partial charge in [0.1, 0.15) is 6.29 Å². The van der Waals surface area contributed by atoms with Gasteiger partial charge in [-0.1, -0.05) is 18.8 Å². The second-order valence-corrected chi connectivity index (χ2v) is 2.06. The van der Waals surface area contributed by atoms with E-state index >= 15 is 0 Å². The van der Waals surface area contributed by atoms with E-state index in [1.165, 1.54) is 0 Å². The molecule has 0 aliphatic heterocycles. The molecule has 0 saturated heterocycles. The fourth-order valence-electron chi connectivity index (χ4n) is 0.469. The molecule has 0 aromatic rings. The summed E-state index contributed by atoms with van der Waals surface area (Å²) in [6, 6.07) is 0. The summed E-state index contributed by atoms with van der Waals surface area (Å²) in [4.78, 5) is 9.84. The lowest BCUT2D eigenvalue weighted by Crippen LogP contribution is -1.69. The number of rotatable bonds is 3. The van der Waals surface area contributed by atoms with Crippen LogP contribution in [-0.2, 0) is 4.79 Å². The van der Waals surface area contributed by atoms with Crippen LogP contribution < -0.4 is 0 Å². The third kappa shape index (κ3) is 8.79. The monoisotopic (exact) mass is 148 g/mol. The standard InChI is InChI=1S/C10H12O/c1-2-3-4-5-6-7-8-9-10-11/h10H,2-3,8-9H2,1H3. The van der Waals surface area contributed by atoms with Crippen LogP contribution in [0.1, 0.15) is 32.6 Å². The molecular weight excluding hydrogens is 136 g/mol. The highest BCUT2D eigenvalue weighted by Gasteiger charge is 1.73. The summed E-state index contributed by atoms with van der Waals surface area (Å²) < 4.78 is 0. The number of carbonyl (C=O) groups is 1. The molecule has 0 radical (unpaired) electrons. The smallest absolute Gasteiger partial charge is 0.120 e. The second kappa shape index (κ2) is 8.79. The van der Waals surface area contributed by atoms with Crippen molar-refractivity contribution in [1.29, 1.82) is 0 Å². The molecule has 0 bridgehead atoms. The fourth-order valence-corrected chi connectivity index (χ4v) is 0.469. The molecule has 0 aromatic heterocycles. The molecule has 1 heteroatoms. The third-order valence-corrected chi connectivity index (χ3v) is 1.00. The van der Waals surface area contributed by atoms with Gasteiger partial charge in [-0.25, -0.2) is 0 Å². The van der Waals surface area contributed by atoms with Crippen LogP contribution in [0.25, 0.3) is 0 Å². The first-order chi connectivity index (χ1) is 5.41. The molecule has 0 aromatic carbocycles. The molecule has 0 atom stereocenters. The summed E-state index contributed by atoms with van der Waals surface area (Å²) >= 11 is 0. The van der Waals surface area contributed by atoms with E-state index in [0.717, 1.165) is 19.1 Å². The fraction of sp³-hybridized carbons (Fsp3) is 0.500. The molecule has 0 spiro atoms. The Morgan fingerprint density at radius 2 is 1.82 bits per heavy atom. The van der Waals surface area contributed by atoms with E-state index in [1.807, 2.05) is 0 Å². The zero-order valence-electron chi connectivity index (χ0n) is 6.81. The summed E-state index contributed by atoms with van der Waals surface area (Å²) in [7, 11) is 0. The van der Waals surface area contributed by atoms with Gasteiger partial charge in [0.2, 0.25) is 0 Å². The topological polar surface area (TPSA) is 17.1 Å². The van der Waals surface area contributed by atoms with Gasteiger partial charge >= 0.3 is 0 Å². The number of unbranched alkanes of at least 4 members (excludes halogenated alkanes) is 2. The van der Waals surface area contributed by atoms with E-state index in [1.54, 1.807) is 0 Å². The number of aldehydes is 1. The highest BCUT2D eigenvalue weighted by molar-refractivity contribution is 5.49. The van der Waals surface area contributed by atoms with Crippen molar-refractivity contribution in [2.45, 2.75) is 32.6 Å². The molecule has 0 aliphatic rings. The maximum atomic E-state index is 9.84. The van der Waals surface area contributed by atoms with Gasteiger partial charge < -0.3 is 4.79 Å². The lowest BCUT2D eigenvalue weighted by atomic mass is 10.3. The van der Waals surface area contributed by atoms with Crippen molar-refractivity contribution in [3.63, 3.8) is 0 Å². The maximum absolute atomic E-state index is 9.84. The van der Waals surface area contributed by atoms with Crippen LogP contribution in [0.2, 0.25) is 0 Å². The average Bonchev–Trinajstić information content (AvgIpc) is 2.03. The van der Waals surface area contributed by atoms with Gasteiger partial charge in [0.25, 0.3) is 0 Å². The summed E-state index contributed by atoms with van der Waals surface area (Å²) in [6.07, 6.45) is 3.99. The first kappa shape index (κ1) is 9.79. The minimum atomic E-state index is 0.516. The van der Waals surface area contributed by atoms with E-state index in [4.69, 9.17) is 0 Å². The number of carbonyl (C=O) groups excluding carboxylic acids is 1. The predicted octanol–water partition coefficient (Wildman–Crippen LogP) is 1.77. The molecule has 1 nitrogen and oxygen atoms in total. The lowest BCUT2D eigenvalue weighted by molar-refractivity contribution is -0.107. The van der Waals surface area contributed by atoms with Crippen molar-refractivity contribution in [3.05, 3.63) is 0 Å². The Balaban J connectivity index is 3.40. The largest absolute Gasteiger partial charge is 0.303 e. The van der Waals surface area contributed by atoms with Gasteiger partial charge in [-0.05, 0) is 18.3 Å². The predicted molar refractivity (Wildman–Crippen MR) is 45.8 cm³/mol. The molecule has 0 N–H and O–H groups in total. The Bertz CT molecular complexity index is 206. The van der Waals surface area contributed by atoms with Crippen LogP contribution in [0.15, 0.2) is 0 Å². The minimum Gasteiger partial charge on any atom is -0.303 e. The highest BCUT2D eigenvalue weighted by Crippen LogP contribution is 1.81. The molecule has 0 fully saturated rings. The molecule has 58 valence electrons. The molecule has 0 amide bonds. The zero-order valence-corrected chi connectivity index (χ0v) is 6.81. The Morgan fingerprint density at radius 3 is 2.36 bits per heavy atom. The van der Waals surface area contributed by atoms with Gasteiger partial charge in [-0.3, -0.25) is 0 Å². The van der Waals surface area contributed by atoms with Crippen LogP contribution >= 0.6 is 0 Å². The van der Waals surface area contributed by atoms with E-state index in [0.29, 0.717) is 12.8 Å². The van der Waals surface area contributed by atoms with Crippen LogP contribution in [0, 0.1) is 23.7 Å². The Kier molecular flexibility index (Phi) is 7.82. The molecule has 0 unspecified atom stereocenters. The van der Waals surface area contributed by atoms with Gasteiger partial charge in [0, 0.05) is 19.3 Å². The molecule has 0 heterocycles. The summed E-state index contributed by atoms with van der Waals surface area (Å²) in [5.74, 6) is 11.1. The Morgan fingerprint density at radius 1 is 1.18 bits per heavy atom. The lowest BCUT2D eigenvalue weighted by Gasteiger charge is -1.74. The van der Waals surface area contributed by atoms with Crippen molar-refractivity contribution in [2.24, 2.45) is 0 Å². The van der Waals surface area contributed by atoms with Gasteiger partial charge in [-0.2, -0.15) is 0 Å². The summed E-state index contributed by atoms with van der Waals surface area (Å²) in [5.41, 5.74) is 0. The van der Waals surface area contributed by atoms with Crippen LogP contribution in [-0.4, -0.2) is 6.29 Å². The van der Waals surface area contributed by atoms with Gasteiger partial charge in [0.15, 0.2) is 0 Å². The average molecular weight is 148 g/mol. The van der Waals surface area contributed by atoms with Gasteiger partial charge in [0.05, 0.1) is 0 Å². The molecule has 0 rings (SSSR count). The van der Waals surface area contributed by atoms with E-state index in [-0.39, 0.29) is 0 Å². The van der Waals surface area contributed by atoms with Crippen molar-refractivity contribution in [1.82, 2.24) is 0 Å². The van der Waals surface area contributed by atoms with Crippen molar-refractivity contribution in [2.75, 3.05) is 0 Å². The third-order valence-electron chi connectivity index (χ3n) is 1.00. The summed E-state index contributed by atoms with van der Waals surface area (Å²) in [5, 5.41) is 0. The molecule has 0 aliphatic carbocycles. The second-order valence-electron chi connectivity index (χ2n) is 2.06. The molecular formula is C10H12O. The van der Waals surface area contributed by atoms with E-state index in [2.05, 4.69) is 30.6 Å². The number of hydrogen-bond donors (Lipinski definition) is 0. The first-order valence-electron chi connectivity index (χ1n) is 3.81. The SMILES string of the molecule is CCCC#CC#CCCC=O. The van der Waals surface area contributed by atoms with E-state index < -0.39 is 0 Å². The van der Waals surface area contributed by atoms with Crippen molar-refractivity contribution < 1.29 is 4.79 Å². The van der Waals surface area contributed by atoms with Crippen LogP contribution in [0.5, 0.6) is 0 Å². The number of hydrogen-bond acceptors (Lipinski definition) is 1. The first-order valence-corrected chi connectivity index (χ1v) is 3.81. The van der Waals surface area contributed by atoms with Gasteiger partial charge in [-0.15, -0.1) is 0 Å². The van der Waals surface area contributed by atoms with Crippen LogP contribution in [0.3, 0.4) is 0 Å². The van der Waals surface area contributed by atoms with Crippen LogP contribution in [0.4, 0.5) is 0 Å². The normalized spacial score (nSPS) is 7.00. The zero-order chi connectivity index (χ0) is 8.36. The molecule has 0 saturated carbocycles. The Hall–Kier alpha value is -1.21. The maximum Gasteiger partial charge on any atom is 0.120 e.